The molecule has 0 N–H and O–H groups in total. The van der Waals surface area contributed by atoms with Crippen LogP contribution in [0.25, 0.3) is 0 Å². The Balaban J connectivity index is 2.59. The Bertz CT molecular complexity index is 555. The summed E-state index contributed by atoms with van der Waals surface area (Å²) in [6.07, 6.45) is 9.49. The van der Waals surface area contributed by atoms with E-state index >= 15 is 0 Å². The van der Waals surface area contributed by atoms with Crippen LogP contribution in [0.4, 0.5) is 4.39 Å². The van der Waals surface area contributed by atoms with Crippen LogP contribution in [0.3, 0.4) is 0 Å². The molecule has 0 saturated carbocycles. The highest BCUT2D eigenvalue weighted by atomic mass is 19.1. The number of allylic oxidation sites excluding steroid dienone is 6. The van der Waals surface area contributed by atoms with E-state index in [0.29, 0.717) is 5.56 Å². The van der Waals surface area contributed by atoms with Crippen molar-refractivity contribution in [3.05, 3.63) is 70.1 Å². The van der Waals surface area contributed by atoms with Crippen LogP contribution in [0.5, 0.6) is 0 Å². The number of rotatable bonds is 6. The Hall–Kier alpha value is -1.63. The van der Waals surface area contributed by atoms with Crippen LogP contribution >= 0.6 is 0 Å². The molecule has 0 saturated heterocycles. The van der Waals surface area contributed by atoms with Gasteiger partial charge in [0, 0.05) is 0 Å². The maximum atomic E-state index is 13.5. The molecule has 0 fully saturated rings. The molecule has 0 aliphatic rings. The summed E-state index contributed by atoms with van der Waals surface area (Å²) < 4.78 is 13.5. The molecule has 0 bridgehead atoms. The smallest absolute Gasteiger partial charge is 0.126 e. The van der Waals surface area contributed by atoms with Gasteiger partial charge in [-0.05, 0) is 71.1 Å². The molecule has 1 rings (SSSR count). The van der Waals surface area contributed by atoms with Gasteiger partial charge in [0.15, 0.2) is 0 Å². The van der Waals surface area contributed by atoms with Gasteiger partial charge in [0.1, 0.15) is 5.82 Å². The molecule has 0 unspecified atom stereocenters. The first-order chi connectivity index (χ1) is 9.92. The second-order valence-corrected chi connectivity index (χ2v) is 5.90. The number of benzene rings is 1. The number of hydrogen-bond acceptors (Lipinski definition) is 0. The molecule has 0 spiro atoms. The molecule has 1 aromatic rings. The maximum Gasteiger partial charge on any atom is 0.126 e. The second kappa shape index (κ2) is 8.61. The molecular weight excluding hydrogens is 259 g/mol. The summed E-state index contributed by atoms with van der Waals surface area (Å²) in [5.74, 6) is -0.103. The number of hydrogen-bond donors (Lipinski definition) is 0. The quantitative estimate of drug-likeness (QED) is 0.424. The topological polar surface area (TPSA) is 0 Å². The van der Waals surface area contributed by atoms with Crippen molar-refractivity contribution in [3.8, 4) is 0 Å². The summed E-state index contributed by atoms with van der Waals surface area (Å²) in [7, 11) is 0. The van der Waals surface area contributed by atoms with Gasteiger partial charge in [0.2, 0.25) is 0 Å². The molecule has 0 aromatic heterocycles. The second-order valence-electron chi connectivity index (χ2n) is 5.90. The molecule has 1 heteroatoms. The summed E-state index contributed by atoms with van der Waals surface area (Å²) in [6.45, 7) is 10.2. The van der Waals surface area contributed by atoms with E-state index in [0.717, 1.165) is 24.8 Å². The molecule has 0 atom stereocenters. The van der Waals surface area contributed by atoms with Gasteiger partial charge in [0.25, 0.3) is 0 Å². The molecule has 0 nitrogen and oxygen atoms in total. The maximum absolute atomic E-state index is 13.5. The molecule has 0 heterocycles. The summed E-state index contributed by atoms with van der Waals surface area (Å²) in [4.78, 5) is 0. The van der Waals surface area contributed by atoms with Gasteiger partial charge in [-0.25, -0.2) is 4.39 Å². The zero-order chi connectivity index (χ0) is 15.8. The van der Waals surface area contributed by atoms with E-state index in [1.54, 1.807) is 13.0 Å². The summed E-state index contributed by atoms with van der Waals surface area (Å²) in [5.41, 5.74) is 5.81. The van der Waals surface area contributed by atoms with Gasteiger partial charge in [0.05, 0.1) is 0 Å². The first-order valence-corrected chi connectivity index (χ1v) is 7.63. The zero-order valence-corrected chi connectivity index (χ0v) is 14.0. The Morgan fingerprint density at radius 3 is 2.48 bits per heavy atom. The molecular formula is C20H27F. The highest BCUT2D eigenvalue weighted by molar-refractivity contribution is 5.25. The van der Waals surface area contributed by atoms with Crippen molar-refractivity contribution in [2.75, 3.05) is 0 Å². The van der Waals surface area contributed by atoms with Gasteiger partial charge in [-0.1, -0.05) is 47.1 Å². The Morgan fingerprint density at radius 2 is 1.90 bits per heavy atom. The fourth-order valence-corrected chi connectivity index (χ4v) is 2.27. The standard InChI is InChI=1S/C20H27F/c1-6-18(9-7-16(4)13-15(2)3)11-12-19-10-8-17(5)20(21)14-19/h6-8,10,13-14H,9,11-12H2,1-5H3. The van der Waals surface area contributed by atoms with E-state index < -0.39 is 0 Å². The van der Waals surface area contributed by atoms with Crippen molar-refractivity contribution in [3.63, 3.8) is 0 Å². The SMILES string of the molecule is CC=C(CC=C(C)C=C(C)C)CCc1ccc(C)c(F)c1. The highest BCUT2D eigenvalue weighted by Crippen LogP contribution is 2.16. The van der Waals surface area contributed by atoms with Gasteiger partial charge < -0.3 is 0 Å². The molecule has 21 heavy (non-hydrogen) atoms. The van der Waals surface area contributed by atoms with Gasteiger partial charge >= 0.3 is 0 Å². The Morgan fingerprint density at radius 1 is 1.19 bits per heavy atom. The average Bonchev–Trinajstić information content (AvgIpc) is 2.42. The fourth-order valence-electron chi connectivity index (χ4n) is 2.27. The molecule has 0 radical (unpaired) electrons. The van der Waals surface area contributed by atoms with Crippen molar-refractivity contribution < 1.29 is 4.39 Å². The van der Waals surface area contributed by atoms with E-state index in [1.165, 1.54) is 16.7 Å². The molecule has 1 aromatic carbocycles. The van der Waals surface area contributed by atoms with Crippen LogP contribution in [0.1, 0.15) is 51.7 Å². The largest absolute Gasteiger partial charge is 0.207 e. The Kier molecular flexibility index (Phi) is 7.14. The third kappa shape index (κ3) is 6.57. The lowest BCUT2D eigenvalue weighted by Crippen LogP contribution is -1.92. The minimum atomic E-state index is -0.103. The monoisotopic (exact) mass is 286 g/mol. The van der Waals surface area contributed by atoms with E-state index in [4.69, 9.17) is 0 Å². The van der Waals surface area contributed by atoms with E-state index in [1.807, 2.05) is 12.1 Å². The predicted octanol–water partition coefficient (Wildman–Crippen LogP) is 6.32. The van der Waals surface area contributed by atoms with E-state index in [2.05, 4.69) is 45.9 Å². The number of aryl methyl sites for hydroxylation is 2. The summed E-state index contributed by atoms with van der Waals surface area (Å²) in [5, 5.41) is 0. The first-order valence-electron chi connectivity index (χ1n) is 7.63. The van der Waals surface area contributed by atoms with Crippen LogP contribution in [-0.2, 0) is 6.42 Å². The molecule has 0 aliphatic carbocycles. The predicted molar refractivity (Wildman–Crippen MR) is 91.0 cm³/mol. The van der Waals surface area contributed by atoms with Crippen molar-refractivity contribution in [1.82, 2.24) is 0 Å². The normalized spacial score (nSPS) is 12.5. The minimum Gasteiger partial charge on any atom is -0.207 e. The van der Waals surface area contributed by atoms with Crippen LogP contribution in [0, 0.1) is 12.7 Å². The van der Waals surface area contributed by atoms with Crippen molar-refractivity contribution in [2.45, 2.75) is 53.9 Å². The lowest BCUT2D eigenvalue weighted by atomic mass is 10.00. The molecule has 0 aliphatic heterocycles. The minimum absolute atomic E-state index is 0.103. The fraction of sp³-hybridized carbons (Fsp3) is 0.400. The molecule has 0 amide bonds. The number of halogens is 1. The third-order valence-electron chi connectivity index (χ3n) is 3.58. The van der Waals surface area contributed by atoms with Crippen molar-refractivity contribution in [1.29, 1.82) is 0 Å². The lowest BCUT2D eigenvalue weighted by molar-refractivity contribution is 0.616. The van der Waals surface area contributed by atoms with Gasteiger partial charge in [-0.15, -0.1) is 0 Å². The summed E-state index contributed by atoms with van der Waals surface area (Å²) >= 11 is 0. The van der Waals surface area contributed by atoms with E-state index in [-0.39, 0.29) is 5.82 Å². The van der Waals surface area contributed by atoms with E-state index in [9.17, 15) is 4.39 Å². The van der Waals surface area contributed by atoms with Crippen LogP contribution in [0.15, 0.2) is 53.1 Å². The zero-order valence-electron chi connectivity index (χ0n) is 14.0. The van der Waals surface area contributed by atoms with Gasteiger partial charge in [-0.2, -0.15) is 0 Å². The summed E-state index contributed by atoms with van der Waals surface area (Å²) in [6, 6.07) is 5.54. The van der Waals surface area contributed by atoms with Crippen molar-refractivity contribution >= 4 is 0 Å². The van der Waals surface area contributed by atoms with Crippen LogP contribution in [0.2, 0.25) is 0 Å². The highest BCUT2D eigenvalue weighted by Gasteiger charge is 2.01. The average molecular weight is 286 g/mol. The van der Waals surface area contributed by atoms with Crippen LogP contribution in [-0.4, -0.2) is 0 Å². The van der Waals surface area contributed by atoms with Gasteiger partial charge in [-0.3, -0.25) is 0 Å². The third-order valence-corrected chi connectivity index (χ3v) is 3.58. The Labute approximate surface area is 129 Å². The van der Waals surface area contributed by atoms with Crippen LogP contribution < -0.4 is 0 Å². The molecule has 114 valence electrons. The van der Waals surface area contributed by atoms with Crippen molar-refractivity contribution in [2.24, 2.45) is 0 Å². The first kappa shape index (κ1) is 17.4. The lowest BCUT2D eigenvalue weighted by Gasteiger charge is -2.07.